The summed E-state index contributed by atoms with van der Waals surface area (Å²) in [7, 11) is 0. The highest BCUT2D eigenvalue weighted by Gasteiger charge is 2.07. The molecule has 0 saturated carbocycles. The number of anilines is 2. The third kappa shape index (κ3) is 2.51. The van der Waals surface area contributed by atoms with E-state index in [1.165, 1.54) is 11.1 Å². The Morgan fingerprint density at radius 1 is 1.17 bits per heavy atom. The molecule has 2 rings (SSSR count). The number of nitrogens with one attached hydrogen (secondary N) is 1. The van der Waals surface area contributed by atoms with E-state index >= 15 is 0 Å². The Kier molecular flexibility index (Phi) is 3.62. The summed E-state index contributed by atoms with van der Waals surface area (Å²) in [4.78, 5) is 8.53. The first-order chi connectivity index (χ1) is 8.61. The van der Waals surface area contributed by atoms with Crippen LogP contribution in [-0.2, 0) is 0 Å². The molecule has 96 valence electrons. The molecule has 0 unspecified atom stereocenters. The molecular formula is C13H19N5. The van der Waals surface area contributed by atoms with Crippen molar-refractivity contribution in [2.45, 2.75) is 20.3 Å². The van der Waals surface area contributed by atoms with Gasteiger partial charge in [-0.25, -0.2) is 4.98 Å². The molecule has 18 heavy (non-hydrogen) atoms. The van der Waals surface area contributed by atoms with Crippen molar-refractivity contribution in [2.24, 2.45) is 5.73 Å². The summed E-state index contributed by atoms with van der Waals surface area (Å²) in [6.45, 7) is 5.59. The van der Waals surface area contributed by atoms with Crippen molar-refractivity contribution in [3.05, 3.63) is 23.3 Å². The molecule has 2 aromatic rings. The molecule has 1 aromatic heterocycles. The van der Waals surface area contributed by atoms with Crippen molar-refractivity contribution in [3.8, 4) is 0 Å². The number of nitrogens with two attached hydrogens (primary N) is 2. The summed E-state index contributed by atoms with van der Waals surface area (Å²) in [5, 5.41) is 4.27. The number of hydrogen-bond acceptors (Lipinski definition) is 5. The molecule has 0 radical (unpaired) electrons. The molecule has 0 fully saturated rings. The van der Waals surface area contributed by atoms with Crippen molar-refractivity contribution >= 4 is 22.7 Å². The van der Waals surface area contributed by atoms with Gasteiger partial charge >= 0.3 is 0 Å². The number of nitrogens with zero attached hydrogens (tertiary/aromatic N) is 2. The molecule has 5 nitrogen and oxygen atoms in total. The van der Waals surface area contributed by atoms with E-state index in [9.17, 15) is 0 Å². The largest absolute Gasteiger partial charge is 0.369 e. The molecule has 0 spiro atoms. The molecule has 0 aliphatic heterocycles. The van der Waals surface area contributed by atoms with Crippen LogP contribution in [0, 0.1) is 13.8 Å². The standard InChI is InChI=1S/C13H19N5/c1-8-6-10-11(7-9(8)2)17-13(15)18-12(10)16-5-3-4-14/h6-7H,3-5,14H2,1-2H3,(H3,15,16,17,18). The van der Waals surface area contributed by atoms with Gasteiger partial charge in [0.1, 0.15) is 5.82 Å². The average molecular weight is 245 g/mol. The first-order valence-corrected chi connectivity index (χ1v) is 6.10. The minimum absolute atomic E-state index is 0.293. The zero-order valence-corrected chi connectivity index (χ0v) is 10.8. The second-order valence-electron chi connectivity index (χ2n) is 4.45. The molecule has 5 N–H and O–H groups in total. The molecule has 0 aliphatic carbocycles. The second-order valence-corrected chi connectivity index (χ2v) is 4.45. The number of hydrogen-bond donors (Lipinski definition) is 3. The lowest BCUT2D eigenvalue weighted by Crippen LogP contribution is -2.11. The van der Waals surface area contributed by atoms with E-state index in [2.05, 4.69) is 35.2 Å². The lowest BCUT2D eigenvalue weighted by Gasteiger charge is -2.10. The monoisotopic (exact) mass is 245 g/mol. The van der Waals surface area contributed by atoms with Crippen molar-refractivity contribution < 1.29 is 0 Å². The minimum atomic E-state index is 0.293. The van der Waals surface area contributed by atoms with Crippen LogP contribution in [0.1, 0.15) is 17.5 Å². The zero-order valence-electron chi connectivity index (χ0n) is 10.8. The highest BCUT2D eigenvalue weighted by molar-refractivity contribution is 5.91. The van der Waals surface area contributed by atoms with Crippen molar-refractivity contribution in [1.82, 2.24) is 9.97 Å². The summed E-state index contributed by atoms with van der Waals surface area (Å²) in [6.07, 6.45) is 0.899. The van der Waals surface area contributed by atoms with E-state index in [1.54, 1.807) is 0 Å². The van der Waals surface area contributed by atoms with Crippen LogP contribution in [0.25, 0.3) is 10.9 Å². The average Bonchev–Trinajstić information content (AvgIpc) is 2.32. The van der Waals surface area contributed by atoms with Crippen LogP contribution in [-0.4, -0.2) is 23.1 Å². The quantitative estimate of drug-likeness (QED) is 0.712. The summed E-state index contributed by atoms with van der Waals surface area (Å²) >= 11 is 0. The fourth-order valence-electron chi connectivity index (χ4n) is 1.85. The third-order valence-electron chi connectivity index (χ3n) is 3.00. The Labute approximate surface area is 107 Å². The third-order valence-corrected chi connectivity index (χ3v) is 3.00. The van der Waals surface area contributed by atoms with Gasteiger partial charge in [0.05, 0.1) is 5.52 Å². The number of nitrogen functional groups attached to an aromatic ring is 1. The summed E-state index contributed by atoms with van der Waals surface area (Å²) in [5.41, 5.74) is 14.5. The summed E-state index contributed by atoms with van der Waals surface area (Å²) < 4.78 is 0. The summed E-state index contributed by atoms with van der Waals surface area (Å²) in [5.74, 6) is 1.08. The number of rotatable bonds is 4. The van der Waals surface area contributed by atoms with Crippen molar-refractivity contribution in [1.29, 1.82) is 0 Å². The first kappa shape index (κ1) is 12.6. The van der Waals surface area contributed by atoms with Gasteiger partial charge in [-0.3, -0.25) is 0 Å². The lowest BCUT2D eigenvalue weighted by atomic mass is 10.1. The van der Waals surface area contributed by atoms with Crippen LogP contribution in [0.4, 0.5) is 11.8 Å². The fourth-order valence-corrected chi connectivity index (χ4v) is 1.85. The van der Waals surface area contributed by atoms with Gasteiger partial charge in [0, 0.05) is 11.9 Å². The van der Waals surface area contributed by atoms with Crippen LogP contribution in [0.2, 0.25) is 0 Å². The van der Waals surface area contributed by atoms with E-state index in [0.29, 0.717) is 12.5 Å². The number of aryl methyl sites for hydroxylation is 2. The topological polar surface area (TPSA) is 89.8 Å². The van der Waals surface area contributed by atoms with Gasteiger partial charge in [-0.05, 0) is 50.1 Å². The molecule has 0 saturated heterocycles. The Morgan fingerprint density at radius 2 is 1.89 bits per heavy atom. The van der Waals surface area contributed by atoms with Gasteiger partial charge in [-0.1, -0.05) is 0 Å². The fraction of sp³-hybridized carbons (Fsp3) is 0.385. The summed E-state index contributed by atoms with van der Waals surface area (Å²) in [6, 6.07) is 4.13. The normalized spacial score (nSPS) is 10.8. The van der Waals surface area contributed by atoms with Crippen molar-refractivity contribution in [2.75, 3.05) is 24.1 Å². The number of aromatic nitrogens is 2. The van der Waals surface area contributed by atoms with Crippen LogP contribution in [0.3, 0.4) is 0 Å². The predicted molar refractivity (Wildman–Crippen MR) is 75.6 cm³/mol. The molecule has 0 aliphatic rings. The van der Waals surface area contributed by atoms with E-state index < -0.39 is 0 Å². The zero-order chi connectivity index (χ0) is 13.1. The van der Waals surface area contributed by atoms with Gasteiger partial charge in [-0.2, -0.15) is 4.98 Å². The van der Waals surface area contributed by atoms with Gasteiger partial charge in [0.15, 0.2) is 0 Å². The van der Waals surface area contributed by atoms with E-state index in [0.717, 1.165) is 29.7 Å². The Bertz CT molecular complexity index is 565. The molecular weight excluding hydrogens is 226 g/mol. The second kappa shape index (κ2) is 5.18. The molecule has 0 atom stereocenters. The highest BCUT2D eigenvalue weighted by atomic mass is 15.1. The highest BCUT2D eigenvalue weighted by Crippen LogP contribution is 2.24. The van der Waals surface area contributed by atoms with Crippen LogP contribution >= 0.6 is 0 Å². The van der Waals surface area contributed by atoms with Crippen LogP contribution in [0.15, 0.2) is 12.1 Å². The first-order valence-electron chi connectivity index (χ1n) is 6.10. The number of benzene rings is 1. The maximum absolute atomic E-state index is 5.73. The van der Waals surface area contributed by atoms with E-state index in [-0.39, 0.29) is 0 Å². The van der Waals surface area contributed by atoms with Gasteiger partial charge < -0.3 is 16.8 Å². The molecule has 5 heteroatoms. The molecule has 0 bridgehead atoms. The molecule has 1 heterocycles. The minimum Gasteiger partial charge on any atom is -0.369 e. The predicted octanol–water partition coefficient (Wildman–Crippen LogP) is 1.59. The maximum atomic E-state index is 5.73. The molecule has 1 aromatic carbocycles. The van der Waals surface area contributed by atoms with E-state index in [4.69, 9.17) is 11.5 Å². The van der Waals surface area contributed by atoms with E-state index in [1.807, 2.05) is 6.07 Å². The maximum Gasteiger partial charge on any atom is 0.222 e. The smallest absolute Gasteiger partial charge is 0.222 e. The van der Waals surface area contributed by atoms with Crippen LogP contribution in [0.5, 0.6) is 0 Å². The molecule has 0 amide bonds. The van der Waals surface area contributed by atoms with Crippen LogP contribution < -0.4 is 16.8 Å². The Balaban J connectivity index is 2.47. The van der Waals surface area contributed by atoms with Crippen molar-refractivity contribution in [3.63, 3.8) is 0 Å². The van der Waals surface area contributed by atoms with Gasteiger partial charge in [0.2, 0.25) is 5.95 Å². The Hall–Kier alpha value is -1.88. The number of fused-ring (bicyclic) bond motifs is 1. The lowest BCUT2D eigenvalue weighted by molar-refractivity contribution is 0.871. The SMILES string of the molecule is Cc1cc2nc(N)nc(NCCCN)c2cc1C. The Morgan fingerprint density at radius 3 is 2.61 bits per heavy atom. The van der Waals surface area contributed by atoms with Gasteiger partial charge in [-0.15, -0.1) is 0 Å². The van der Waals surface area contributed by atoms with Gasteiger partial charge in [0.25, 0.3) is 0 Å².